The highest BCUT2D eigenvalue weighted by Gasteiger charge is 2.23. The van der Waals surface area contributed by atoms with Crippen molar-refractivity contribution in [2.75, 3.05) is 7.11 Å². The second-order valence-corrected chi connectivity index (χ2v) is 5.33. The molecule has 0 aliphatic rings. The molecule has 1 unspecified atom stereocenters. The SMILES string of the molecule is C=C(C(=O)OC)C(c1ccccc1)c1ccc(Br)cc1. The quantitative estimate of drug-likeness (QED) is 0.616. The Morgan fingerprint density at radius 2 is 1.60 bits per heavy atom. The van der Waals surface area contributed by atoms with Crippen LogP contribution in [0.3, 0.4) is 0 Å². The summed E-state index contributed by atoms with van der Waals surface area (Å²) in [7, 11) is 1.37. The fourth-order valence-corrected chi connectivity index (χ4v) is 2.41. The Balaban J connectivity index is 2.47. The van der Waals surface area contributed by atoms with Crippen molar-refractivity contribution in [3.63, 3.8) is 0 Å². The summed E-state index contributed by atoms with van der Waals surface area (Å²) in [4.78, 5) is 11.8. The molecule has 1 atom stereocenters. The second-order valence-electron chi connectivity index (χ2n) is 4.41. The van der Waals surface area contributed by atoms with Crippen molar-refractivity contribution < 1.29 is 9.53 Å². The maximum atomic E-state index is 11.8. The molecule has 0 saturated carbocycles. The van der Waals surface area contributed by atoms with E-state index in [1.54, 1.807) is 0 Å². The number of ether oxygens (including phenoxy) is 1. The number of carbonyl (C=O) groups excluding carboxylic acids is 1. The van der Waals surface area contributed by atoms with Crippen molar-refractivity contribution in [2.45, 2.75) is 5.92 Å². The van der Waals surface area contributed by atoms with E-state index in [0.29, 0.717) is 5.57 Å². The summed E-state index contributed by atoms with van der Waals surface area (Å²) < 4.78 is 5.81. The zero-order chi connectivity index (χ0) is 14.5. The van der Waals surface area contributed by atoms with Gasteiger partial charge in [0.1, 0.15) is 0 Å². The molecule has 0 aliphatic carbocycles. The first kappa shape index (κ1) is 14.5. The zero-order valence-corrected chi connectivity index (χ0v) is 12.8. The molecule has 2 nitrogen and oxygen atoms in total. The van der Waals surface area contributed by atoms with Crippen molar-refractivity contribution in [1.82, 2.24) is 0 Å². The Hall–Kier alpha value is -1.87. The number of halogens is 1. The molecule has 0 amide bonds. The average molecular weight is 331 g/mol. The van der Waals surface area contributed by atoms with Gasteiger partial charge >= 0.3 is 5.97 Å². The van der Waals surface area contributed by atoms with E-state index in [2.05, 4.69) is 22.5 Å². The summed E-state index contributed by atoms with van der Waals surface area (Å²) in [6.45, 7) is 3.91. The van der Waals surface area contributed by atoms with E-state index in [4.69, 9.17) is 4.74 Å². The van der Waals surface area contributed by atoms with Crippen LogP contribution in [0.5, 0.6) is 0 Å². The van der Waals surface area contributed by atoms with Gasteiger partial charge in [0, 0.05) is 16.0 Å². The molecule has 2 aromatic carbocycles. The lowest BCUT2D eigenvalue weighted by Crippen LogP contribution is -2.13. The van der Waals surface area contributed by atoms with Crippen LogP contribution in [-0.2, 0) is 9.53 Å². The molecule has 2 aromatic rings. The first-order chi connectivity index (χ1) is 9.63. The van der Waals surface area contributed by atoms with E-state index in [9.17, 15) is 4.79 Å². The van der Waals surface area contributed by atoms with Crippen molar-refractivity contribution in [3.05, 3.63) is 82.3 Å². The van der Waals surface area contributed by atoms with Crippen LogP contribution in [0, 0.1) is 0 Å². The molecule has 2 rings (SSSR count). The lowest BCUT2D eigenvalue weighted by molar-refractivity contribution is -0.136. The zero-order valence-electron chi connectivity index (χ0n) is 11.2. The fraction of sp³-hybridized carbons (Fsp3) is 0.118. The molecule has 0 heterocycles. The van der Waals surface area contributed by atoms with E-state index in [-0.39, 0.29) is 11.9 Å². The molecular weight excluding hydrogens is 316 g/mol. The third-order valence-electron chi connectivity index (χ3n) is 3.13. The molecule has 20 heavy (non-hydrogen) atoms. The Labute approximate surface area is 127 Å². The van der Waals surface area contributed by atoms with E-state index in [1.165, 1.54) is 7.11 Å². The smallest absolute Gasteiger partial charge is 0.334 e. The summed E-state index contributed by atoms with van der Waals surface area (Å²) in [5, 5.41) is 0. The number of rotatable bonds is 4. The topological polar surface area (TPSA) is 26.3 Å². The molecule has 0 saturated heterocycles. The van der Waals surface area contributed by atoms with Crippen molar-refractivity contribution in [1.29, 1.82) is 0 Å². The van der Waals surface area contributed by atoms with Crippen LogP contribution in [0.2, 0.25) is 0 Å². The molecule has 102 valence electrons. The maximum Gasteiger partial charge on any atom is 0.334 e. The van der Waals surface area contributed by atoms with Crippen LogP contribution in [0.4, 0.5) is 0 Å². The monoisotopic (exact) mass is 330 g/mol. The van der Waals surface area contributed by atoms with Gasteiger partial charge in [0.05, 0.1) is 7.11 Å². The number of hydrogen-bond donors (Lipinski definition) is 0. The average Bonchev–Trinajstić information content (AvgIpc) is 2.49. The maximum absolute atomic E-state index is 11.8. The molecule has 0 aromatic heterocycles. The Kier molecular flexibility index (Phi) is 4.74. The highest BCUT2D eigenvalue weighted by atomic mass is 79.9. The number of hydrogen-bond acceptors (Lipinski definition) is 2. The van der Waals surface area contributed by atoms with E-state index < -0.39 is 0 Å². The van der Waals surface area contributed by atoms with Gasteiger partial charge in [-0.2, -0.15) is 0 Å². The fourth-order valence-electron chi connectivity index (χ4n) is 2.14. The van der Waals surface area contributed by atoms with Gasteiger partial charge in [-0.1, -0.05) is 65.0 Å². The first-order valence-corrected chi connectivity index (χ1v) is 7.00. The van der Waals surface area contributed by atoms with Crippen molar-refractivity contribution in [2.24, 2.45) is 0 Å². The molecule has 0 N–H and O–H groups in total. The number of esters is 1. The Morgan fingerprint density at radius 1 is 1.05 bits per heavy atom. The molecule has 0 bridgehead atoms. The lowest BCUT2D eigenvalue weighted by Gasteiger charge is -2.19. The largest absolute Gasteiger partial charge is 0.466 e. The molecule has 0 radical (unpaired) electrons. The third kappa shape index (κ3) is 3.17. The predicted octanol–water partition coefficient (Wildman–Crippen LogP) is 4.31. The van der Waals surface area contributed by atoms with Crippen LogP contribution in [-0.4, -0.2) is 13.1 Å². The normalized spacial score (nSPS) is 11.7. The highest BCUT2D eigenvalue weighted by molar-refractivity contribution is 9.10. The van der Waals surface area contributed by atoms with E-state index in [0.717, 1.165) is 15.6 Å². The second kappa shape index (κ2) is 6.53. The van der Waals surface area contributed by atoms with Gasteiger partial charge in [0.2, 0.25) is 0 Å². The van der Waals surface area contributed by atoms with Crippen LogP contribution < -0.4 is 0 Å². The molecule has 0 aliphatic heterocycles. The Morgan fingerprint density at radius 3 is 2.15 bits per heavy atom. The van der Waals surface area contributed by atoms with Gasteiger partial charge in [0.15, 0.2) is 0 Å². The summed E-state index contributed by atoms with van der Waals surface area (Å²) in [5.74, 6) is -0.585. The first-order valence-electron chi connectivity index (χ1n) is 6.21. The van der Waals surface area contributed by atoms with Gasteiger partial charge < -0.3 is 4.74 Å². The van der Waals surface area contributed by atoms with Gasteiger partial charge in [-0.15, -0.1) is 0 Å². The third-order valence-corrected chi connectivity index (χ3v) is 3.66. The number of carbonyl (C=O) groups is 1. The van der Waals surface area contributed by atoms with Crippen LogP contribution in [0.1, 0.15) is 17.0 Å². The lowest BCUT2D eigenvalue weighted by atomic mass is 9.85. The predicted molar refractivity (Wildman–Crippen MR) is 83.6 cm³/mol. The van der Waals surface area contributed by atoms with Crippen molar-refractivity contribution in [3.8, 4) is 0 Å². The van der Waals surface area contributed by atoms with Crippen LogP contribution >= 0.6 is 15.9 Å². The molecular formula is C17H15BrO2. The molecule has 3 heteroatoms. The Bertz CT molecular complexity index is 603. The number of benzene rings is 2. The summed E-state index contributed by atoms with van der Waals surface area (Å²) in [6, 6.07) is 17.7. The standard InChI is InChI=1S/C17H15BrO2/c1-12(17(19)20-2)16(13-6-4-3-5-7-13)14-8-10-15(18)11-9-14/h3-11,16H,1H2,2H3. The number of methoxy groups -OCH3 is 1. The molecule has 0 fully saturated rings. The van der Waals surface area contributed by atoms with Gasteiger partial charge in [-0.05, 0) is 23.3 Å². The van der Waals surface area contributed by atoms with E-state index >= 15 is 0 Å². The molecule has 0 spiro atoms. The minimum absolute atomic E-state index is 0.197. The van der Waals surface area contributed by atoms with Gasteiger partial charge in [-0.25, -0.2) is 4.79 Å². The van der Waals surface area contributed by atoms with Crippen LogP contribution in [0.15, 0.2) is 71.2 Å². The summed E-state index contributed by atoms with van der Waals surface area (Å²) in [6.07, 6.45) is 0. The summed E-state index contributed by atoms with van der Waals surface area (Å²) >= 11 is 3.42. The minimum atomic E-state index is -0.387. The van der Waals surface area contributed by atoms with Gasteiger partial charge in [-0.3, -0.25) is 0 Å². The van der Waals surface area contributed by atoms with Crippen molar-refractivity contribution >= 4 is 21.9 Å². The summed E-state index contributed by atoms with van der Waals surface area (Å²) in [5.41, 5.74) is 2.46. The van der Waals surface area contributed by atoms with Gasteiger partial charge in [0.25, 0.3) is 0 Å². The minimum Gasteiger partial charge on any atom is -0.466 e. The van der Waals surface area contributed by atoms with E-state index in [1.807, 2.05) is 54.6 Å². The van der Waals surface area contributed by atoms with Crippen LogP contribution in [0.25, 0.3) is 0 Å². The highest BCUT2D eigenvalue weighted by Crippen LogP contribution is 2.32.